The highest BCUT2D eigenvalue weighted by Gasteiger charge is 2.41. The van der Waals surface area contributed by atoms with Gasteiger partial charge in [-0.1, -0.05) is 0 Å². The highest BCUT2D eigenvalue weighted by Crippen LogP contribution is 2.34. The molecule has 2 aromatic rings. The number of nitrogens with zero attached hydrogens (tertiary/aromatic N) is 2. The Morgan fingerprint density at radius 3 is 2.31 bits per heavy atom. The third-order valence-corrected chi connectivity index (χ3v) is 4.62. The predicted octanol–water partition coefficient (Wildman–Crippen LogP) is 2.52. The molecule has 1 aromatic heterocycles. The Kier molecular flexibility index (Phi) is 4.60. The first-order chi connectivity index (χ1) is 12.3. The first-order valence-electron chi connectivity index (χ1n) is 8.27. The molecule has 6 nitrogen and oxygen atoms in total. The number of hydrogen-bond donors (Lipinski definition) is 0. The van der Waals surface area contributed by atoms with Crippen LogP contribution in [-0.2, 0) is 6.54 Å². The predicted molar refractivity (Wildman–Crippen MR) is 92.5 cm³/mol. The van der Waals surface area contributed by atoms with E-state index in [1.165, 1.54) is 37.1 Å². The highest BCUT2D eigenvalue weighted by molar-refractivity contribution is 6.07. The van der Waals surface area contributed by atoms with Crippen molar-refractivity contribution in [1.82, 2.24) is 9.47 Å². The van der Waals surface area contributed by atoms with Gasteiger partial charge in [0.15, 0.2) is 11.5 Å². The van der Waals surface area contributed by atoms with Crippen LogP contribution in [0.25, 0.3) is 10.8 Å². The number of likely N-dealkylation sites (tertiary alicyclic amines) is 1. The van der Waals surface area contributed by atoms with Crippen molar-refractivity contribution in [3.8, 4) is 11.5 Å². The van der Waals surface area contributed by atoms with Crippen molar-refractivity contribution < 1.29 is 23.0 Å². The van der Waals surface area contributed by atoms with Gasteiger partial charge in [-0.25, -0.2) is 8.78 Å². The number of methoxy groups -OCH3 is 2. The monoisotopic (exact) mass is 366 g/mol. The maximum atomic E-state index is 13.5. The van der Waals surface area contributed by atoms with Crippen LogP contribution in [-0.4, -0.2) is 48.6 Å². The van der Waals surface area contributed by atoms with E-state index >= 15 is 0 Å². The molecule has 0 saturated carbocycles. The standard InChI is InChI=1S/C18H20F2N2O4/c1-4-21-9-13(17(24)22-6-5-18(19,20)10-22)11-7-14(25-2)15(26-3)8-12(11)16(21)23/h7-9H,4-6,10H2,1-3H3. The number of hydrogen-bond acceptors (Lipinski definition) is 4. The van der Waals surface area contributed by atoms with Gasteiger partial charge in [0.1, 0.15) is 0 Å². The van der Waals surface area contributed by atoms with Gasteiger partial charge >= 0.3 is 0 Å². The van der Waals surface area contributed by atoms with Gasteiger partial charge < -0.3 is 18.9 Å². The van der Waals surface area contributed by atoms with Crippen LogP contribution in [0.2, 0.25) is 0 Å². The van der Waals surface area contributed by atoms with Gasteiger partial charge in [0.25, 0.3) is 17.4 Å². The number of aryl methyl sites for hydroxylation is 1. The maximum absolute atomic E-state index is 13.5. The number of amides is 1. The van der Waals surface area contributed by atoms with Crippen molar-refractivity contribution in [2.45, 2.75) is 25.8 Å². The molecule has 26 heavy (non-hydrogen) atoms. The molecular formula is C18H20F2N2O4. The molecule has 0 radical (unpaired) electrons. The second kappa shape index (κ2) is 6.59. The lowest BCUT2D eigenvalue weighted by Gasteiger charge is -2.19. The van der Waals surface area contributed by atoms with Crippen molar-refractivity contribution in [2.75, 3.05) is 27.3 Å². The topological polar surface area (TPSA) is 60.8 Å². The molecule has 0 unspecified atom stereocenters. The van der Waals surface area contributed by atoms with Gasteiger partial charge in [-0.05, 0) is 19.1 Å². The smallest absolute Gasteiger partial charge is 0.267 e. The minimum Gasteiger partial charge on any atom is -0.493 e. The first-order valence-corrected chi connectivity index (χ1v) is 8.27. The number of alkyl halides is 2. The highest BCUT2D eigenvalue weighted by atomic mass is 19.3. The molecule has 140 valence electrons. The number of ether oxygens (including phenoxy) is 2. The Hall–Kier alpha value is -2.64. The summed E-state index contributed by atoms with van der Waals surface area (Å²) in [6.45, 7) is 1.48. The van der Waals surface area contributed by atoms with Crippen molar-refractivity contribution in [2.24, 2.45) is 0 Å². The largest absolute Gasteiger partial charge is 0.493 e. The molecule has 0 aliphatic carbocycles. The van der Waals surface area contributed by atoms with Crippen molar-refractivity contribution >= 4 is 16.7 Å². The van der Waals surface area contributed by atoms with Gasteiger partial charge in [0.2, 0.25) is 0 Å². The van der Waals surface area contributed by atoms with Crippen LogP contribution in [0.3, 0.4) is 0 Å². The van der Waals surface area contributed by atoms with Crippen LogP contribution in [0.4, 0.5) is 8.78 Å². The first kappa shape index (κ1) is 18.2. The lowest BCUT2D eigenvalue weighted by molar-refractivity contribution is 0.0120. The Bertz CT molecular complexity index is 924. The van der Waals surface area contributed by atoms with Crippen molar-refractivity contribution in [3.05, 3.63) is 34.2 Å². The summed E-state index contributed by atoms with van der Waals surface area (Å²) in [4.78, 5) is 26.7. The molecule has 2 heterocycles. The fraction of sp³-hybridized carbons (Fsp3) is 0.444. The summed E-state index contributed by atoms with van der Waals surface area (Å²) < 4.78 is 38.9. The lowest BCUT2D eigenvalue weighted by Crippen LogP contribution is -2.33. The minimum atomic E-state index is -2.88. The van der Waals surface area contributed by atoms with Gasteiger partial charge in [-0.3, -0.25) is 9.59 Å². The second-order valence-electron chi connectivity index (χ2n) is 6.22. The van der Waals surface area contributed by atoms with E-state index in [0.717, 1.165) is 4.90 Å². The number of carbonyl (C=O) groups is 1. The SMILES string of the molecule is CCn1cc(C(=O)N2CCC(F)(F)C2)c2cc(OC)c(OC)cc2c1=O. The summed E-state index contributed by atoms with van der Waals surface area (Å²) in [5.41, 5.74) is -0.0909. The molecule has 0 N–H and O–H groups in total. The molecule has 1 aromatic carbocycles. The van der Waals surface area contributed by atoms with E-state index in [2.05, 4.69) is 0 Å². The fourth-order valence-electron chi connectivity index (χ4n) is 3.20. The fourth-order valence-corrected chi connectivity index (χ4v) is 3.20. The lowest BCUT2D eigenvalue weighted by atomic mass is 10.0. The maximum Gasteiger partial charge on any atom is 0.267 e. The average Bonchev–Trinajstić information content (AvgIpc) is 3.00. The van der Waals surface area contributed by atoms with Crippen LogP contribution >= 0.6 is 0 Å². The third-order valence-electron chi connectivity index (χ3n) is 4.62. The van der Waals surface area contributed by atoms with Gasteiger partial charge in [-0.15, -0.1) is 0 Å². The molecule has 1 saturated heterocycles. The normalized spacial score (nSPS) is 16.1. The van der Waals surface area contributed by atoms with E-state index in [9.17, 15) is 18.4 Å². The van der Waals surface area contributed by atoms with Crippen molar-refractivity contribution in [3.63, 3.8) is 0 Å². The van der Waals surface area contributed by atoms with Crippen LogP contribution in [0.15, 0.2) is 23.1 Å². The zero-order valence-electron chi connectivity index (χ0n) is 14.8. The number of rotatable bonds is 4. The van der Waals surface area contributed by atoms with Crippen LogP contribution in [0, 0.1) is 0 Å². The number of benzene rings is 1. The molecule has 0 atom stereocenters. The Labute approximate surface area is 148 Å². The molecule has 0 bridgehead atoms. The summed E-state index contributed by atoms with van der Waals surface area (Å²) in [5, 5.41) is 0.638. The van der Waals surface area contributed by atoms with Gasteiger partial charge in [0.05, 0.1) is 31.7 Å². The number of fused-ring (bicyclic) bond motifs is 1. The molecule has 1 amide bonds. The van der Waals surface area contributed by atoms with Crippen LogP contribution in [0.1, 0.15) is 23.7 Å². The minimum absolute atomic E-state index is 0.0220. The van der Waals surface area contributed by atoms with Crippen molar-refractivity contribution in [1.29, 1.82) is 0 Å². The number of pyridine rings is 1. The van der Waals surface area contributed by atoms with E-state index in [-0.39, 0.29) is 29.5 Å². The number of carbonyl (C=O) groups excluding carboxylic acids is 1. The number of halogens is 2. The Morgan fingerprint density at radius 1 is 1.19 bits per heavy atom. The van der Waals surface area contributed by atoms with Crippen LogP contribution < -0.4 is 15.0 Å². The number of aromatic nitrogens is 1. The summed E-state index contributed by atoms with van der Waals surface area (Å²) in [7, 11) is 2.89. The Balaban J connectivity index is 2.22. The zero-order chi connectivity index (χ0) is 19.1. The average molecular weight is 366 g/mol. The third kappa shape index (κ3) is 3.00. The van der Waals surface area contributed by atoms with E-state index in [1.807, 2.05) is 0 Å². The molecular weight excluding hydrogens is 346 g/mol. The summed E-state index contributed by atoms with van der Waals surface area (Å²) in [6, 6.07) is 3.05. The second-order valence-corrected chi connectivity index (χ2v) is 6.22. The van der Waals surface area contributed by atoms with Gasteiger partial charge in [0, 0.05) is 31.1 Å². The summed E-state index contributed by atoms with van der Waals surface area (Å²) in [5.74, 6) is -2.70. The molecule has 1 aliphatic heterocycles. The summed E-state index contributed by atoms with van der Waals surface area (Å²) in [6.07, 6.45) is 1.07. The molecule has 0 spiro atoms. The van der Waals surface area contributed by atoms with Gasteiger partial charge in [-0.2, -0.15) is 0 Å². The zero-order valence-corrected chi connectivity index (χ0v) is 14.8. The summed E-state index contributed by atoms with van der Waals surface area (Å²) >= 11 is 0. The Morgan fingerprint density at radius 2 is 1.81 bits per heavy atom. The quantitative estimate of drug-likeness (QED) is 0.834. The van der Waals surface area contributed by atoms with E-state index in [1.54, 1.807) is 6.92 Å². The van der Waals surface area contributed by atoms with Crippen LogP contribution in [0.5, 0.6) is 11.5 Å². The molecule has 3 rings (SSSR count). The molecule has 8 heteroatoms. The van der Waals surface area contributed by atoms with E-state index < -0.39 is 18.4 Å². The van der Waals surface area contributed by atoms with E-state index in [0.29, 0.717) is 23.4 Å². The molecule has 1 aliphatic rings. The molecule has 1 fully saturated rings. The van der Waals surface area contributed by atoms with E-state index in [4.69, 9.17) is 9.47 Å².